The third-order valence-electron chi connectivity index (χ3n) is 3.29. The molecule has 0 saturated carbocycles. The van der Waals surface area contributed by atoms with E-state index in [1.807, 2.05) is 0 Å². The molecule has 0 unspecified atom stereocenters. The molecular formula is C13H19N5. The van der Waals surface area contributed by atoms with Crippen molar-refractivity contribution >= 4 is 16.9 Å². The molecular weight excluding hydrogens is 226 g/mol. The highest BCUT2D eigenvalue weighted by atomic mass is 15.2. The van der Waals surface area contributed by atoms with Gasteiger partial charge in [0.15, 0.2) is 11.5 Å². The standard InChI is InChI=1S/C13H19N5/c1-8(2)15-12-9-5-6-11(10-4-3-7-14-10)16-13(9)18-17-12/h5-6,8,10,14H,3-4,7H2,1-2H3,(H2,15,16,17,18)/t10-/m1/s1. The maximum atomic E-state index is 4.66. The van der Waals surface area contributed by atoms with Gasteiger partial charge in [0.25, 0.3) is 0 Å². The van der Waals surface area contributed by atoms with E-state index in [9.17, 15) is 0 Å². The molecule has 1 fully saturated rings. The van der Waals surface area contributed by atoms with E-state index in [-0.39, 0.29) is 0 Å². The van der Waals surface area contributed by atoms with Crippen LogP contribution in [0.3, 0.4) is 0 Å². The maximum Gasteiger partial charge on any atom is 0.157 e. The Hall–Kier alpha value is -1.62. The highest BCUT2D eigenvalue weighted by Gasteiger charge is 2.18. The fourth-order valence-corrected chi connectivity index (χ4v) is 2.43. The van der Waals surface area contributed by atoms with Crippen molar-refractivity contribution in [2.24, 2.45) is 0 Å². The highest BCUT2D eigenvalue weighted by molar-refractivity contribution is 5.87. The van der Waals surface area contributed by atoms with Gasteiger partial charge in [0.2, 0.25) is 0 Å². The van der Waals surface area contributed by atoms with E-state index in [0.717, 1.165) is 29.1 Å². The zero-order valence-electron chi connectivity index (χ0n) is 10.8. The first-order valence-corrected chi connectivity index (χ1v) is 6.59. The van der Waals surface area contributed by atoms with Crippen LogP contribution in [0, 0.1) is 0 Å². The Bertz CT molecular complexity index is 539. The fraction of sp³-hybridized carbons (Fsp3) is 0.538. The van der Waals surface area contributed by atoms with Crippen molar-refractivity contribution < 1.29 is 0 Å². The van der Waals surface area contributed by atoms with Crippen LogP contribution >= 0.6 is 0 Å². The quantitative estimate of drug-likeness (QED) is 0.775. The number of rotatable bonds is 3. The van der Waals surface area contributed by atoms with Crippen molar-refractivity contribution in [3.05, 3.63) is 17.8 Å². The van der Waals surface area contributed by atoms with Crippen LogP contribution in [-0.2, 0) is 0 Å². The van der Waals surface area contributed by atoms with Crippen LogP contribution in [0.2, 0.25) is 0 Å². The largest absolute Gasteiger partial charge is 0.366 e. The summed E-state index contributed by atoms with van der Waals surface area (Å²) in [5, 5.41) is 15.1. The Morgan fingerprint density at radius 1 is 1.39 bits per heavy atom. The third-order valence-corrected chi connectivity index (χ3v) is 3.29. The molecule has 3 rings (SSSR count). The number of fused-ring (bicyclic) bond motifs is 1. The lowest BCUT2D eigenvalue weighted by atomic mass is 10.1. The first kappa shape index (κ1) is 11.5. The summed E-state index contributed by atoms with van der Waals surface area (Å²) in [4.78, 5) is 4.66. The molecule has 1 aliphatic heterocycles. The van der Waals surface area contributed by atoms with Gasteiger partial charge in [-0.25, -0.2) is 4.98 Å². The summed E-state index contributed by atoms with van der Waals surface area (Å²) in [6, 6.07) is 4.98. The van der Waals surface area contributed by atoms with Crippen molar-refractivity contribution in [1.82, 2.24) is 20.5 Å². The summed E-state index contributed by atoms with van der Waals surface area (Å²) in [5.41, 5.74) is 1.98. The van der Waals surface area contributed by atoms with E-state index in [4.69, 9.17) is 0 Å². The molecule has 5 nitrogen and oxygen atoms in total. The third kappa shape index (κ3) is 2.06. The van der Waals surface area contributed by atoms with E-state index in [1.165, 1.54) is 12.8 Å². The molecule has 2 aromatic heterocycles. The monoisotopic (exact) mass is 245 g/mol. The summed E-state index contributed by atoms with van der Waals surface area (Å²) in [6.07, 6.45) is 2.40. The van der Waals surface area contributed by atoms with Crippen molar-refractivity contribution in [2.45, 2.75) is 38.8 Å². The topological polar surface area (TPSA) is 65.6 Å². The van der Waals surface area contributed by atoms with Gasteiger partial charge >= 0.3 is 0 Å². The molecule has 2 aromatic rings. The number of aromatic amines is 1. The van der Waals surface area contributed by atoms with E-state index in [1.54, 1.807) is 0 Å². The van der Waals surface area contributed by atoms with Gasteiger partial charge in [0.05, 0.1) is 11.1 Å². The van der Waals surface area contributed by atoms with Crippen molar-refractivity contribution in [1.29, 1.82) is 0 Å². The van der Waals surface area contributed by atoms with Crippen LogP contribution in [0.25, 0.3) is 11.0 Å². The minimum atomic E-state index is 0.368. The van der Waals surface area contributed by atoms with E-state index in [0.29, 0.717) is 12.1 Å². The van der Waals surface area contributed by atoms with Gasteiger partial charge in [-0.3, -0.25) is 5.10 Å². The molecule has 1 atom stereocenters. The zero-order chi connectivity index (χ0) is 12.5. The van der Waals surface area contributed by atoms with Gasteiger partial charge < -0.3 is 10.6 Å². The molecule has 0 aromatic carbocycles. The second-order valence-electron chi connectivity index (χ2n) is 5.15. The van der Waals surface area contributed by atoms with Crippen molar-refractivity contribution in [2.75, 3.05) is 11.9 Å². The van der Waals surface area contributed by atoms with Crippen LogP contribution in [0.1, 0.15) is 38.4 Å². The average Bonchev–Trinajstić information content (AvgIpc) is 2.97. The molecule has 3 N–H and O–H groups in total. The predicted octanol–water partition coefficient (Wildman–Crippen LogP) is 2.20. The number of nitrogens with one attached hydrogen (secondary N) is 3. The fourth-order valence-electron chi connectivity index (χ4n) is 2.43. The molecule has 1 saturated heterocycles. The predicted molar refractivity (Wildman–Crippen MR) is 72.6 cm³/mol. The van der Waals surface area contributed by atoms with Crippen LogP contribution in [0.15, 0.2) is 12.1 Å². The van der Waals surface area contributed by atoms with Gasteiger partial charge in [0.1, 0.15) is 0 Å². The number of hydrogen-bond acceptors (Lipinski definition) is 4. The lowest BCUT2D eigenvalue weighted by Gasteiger charge is -2.09. The number of anilines is 1. The normalized spacial score (nSPS) is 19.8. The molecule has 18 heavy (non-hydrogen) atoms. The first-order valence-electron chi connectivity index (χ1n) is 6.59. The van der Waals surface area contributed by atoms with Crippen LogP contribution in [0.5, 0.6) is 0 Å². The summed E-state index contributed by atoms with van der Waals surface area (Å²) >= 11 is 0. The number of nitrogens with zero attached hydrogens (tertiary/aromatic N) is 2. The molecule has 96 valence electrons. The second kappa shape index (κ2) is 4.57. The average molecular weight is 245 g/mol. The van der Waals surface area contributed by atoms with E-state index >= 15 is 0 Å². The van der Waals surface area contributed by atoms with Crippen molar-refractivity contribution in [3.8, 4) is 0 Å². The first-order chi connectivity index (χ1) is 8.74. The molecule has 1 aliphatic rings. The van der Waals surface area contributed by atoms with Gasteiger partial charge in [-0.15, -0.1) is 0 Å². The molecule has 0 amide bonds. The van der Waals surface area contributed by atoms with E-state index in [2.05, 4.69) is 51.8 Å². The molecule has 0 bridgehead atoms. The van der Waals surface area contributed by atoms with Gasteiger partial charge in [0, 0.05) is 12.1 Å². The SMILES string of the molecule is CC(C)Nc1n[nH]c2nc([C@H]3CCCN3)ccc12. The molecule has 0 radical (unpaired) electrons. The Labute approximate surface area is 106 Å². The minimum absolute atomic E-state index is 0.368. The van der Waals surface area contributed by atoms with Gasteiger partial charge in [-0.2, -0.15) is 5.10 Å². The van der Waals surface area contributed by atoms with Gasteiger partial charge in [-0.05, 0) is 45.4 Å². The Balaban J connectivity index is 1.93. The Morgan fingerprint density at radius 2 is 2.28 bits per heavy atom. The lowest BCUT2D eigenvalue weighted by molar-refractivity contribution is 0.630. The summed E-state index contributed by atoms with van der Waals surface area (Å²) < 4.78 is 0. The smallest absolute Gasteiger partial charge is 0.157 e. The molecule has 0 aliphatic carbocycles. The maximum absolute atomic E-state index is 4.66. The van der Waals surface area contributed by atoms with Crippen LogP contribution in [-0.4, -0.2) is 27.8 Å². The summed E-state index contributed by atoms with van der Waals surface area (Å²) in [7, 11) is 0. The Kier molecular flexibility index (Phi) is 2.91. The number of H-pyrrole nitrogens is 1. The van der Waals surface area contributed by atoms with E-state index < -0.39 is 0 Å². The summed E-state index contributed by atoms with van der Waals surface area (Å²) in [5.74, 6) is 0.887. The van der Waals surface area contributed by atoms with Crippen molar-refractivity contribution in [3.63, 3.8) is 0 Å². The Morgan fingerprint density at radius 3 is 3.00 bits per heavy atom. The van der Waals surface area contributed by atoms with Crippen LogP contribution < -0.4 is 10.6 Å². The second-order valence-corrected chi connectivity index (χ2v) is 5.15. The number of aromatic nitrogens is 3. The van der Waals surface area contributed by atoms with Crippen LogP contribution in [0.4, 0.5) is 5.82 Å². The summed E-state index contributed by atoms with van der Waals surface area (Å²) in [6.45, 7) is 5.29. The van der Waals surface area contributed by atoms with Gasteiger partial charge in [-0.1, -0.05) is 0 Å². The molecule has 5 heteroatoms. The molecule has 3 heterocycles. The minimum Gasteiger partial charge on any atom is -0.366 e. The number of pyridine rings is 1. The number of hydrogen-bond donors (Lipinski definition) is 3. The zero-order valence-corrected chi connectivity index (χ0v) is 10.8. The highest BCUT2D eigenvalue weighted by Crippen LogP contribution is 2.25. The molecule has 0 spiro atoms. The lowest BCUT2D eigenvalue weighted by Crippen LogP contribution is -2.14.